The Labute approximate surface area is 145 Å². The molecule has 0 bridgehead atoms. The van der Waals surface area contributed by atoms with Gasteiger partial charge in [-0.15, -0.1) is 0 Å². The second-order valence-electron chi connectivity index (χ2n) is 5.25. The zero-order valence-electron chi connectivity index (χ0n) is 12.7. The molecular formula is C17H20BrNO3S. The topological polar surface area (TPSA) is 66.4 Å². The van der Waals surface area contributed by atoms with Crippen LogP contribution < -0.4 is 4.72 Å². The maximum Gasteiger partial charge on any atom is 0.240 e. The average molecular weight is 398 g/mol. The molecule has 2 rings (SSSR count). The molecule has 0 unspecified atom stereocenters. The van der Waals surface area contributed by atoms with Crippen molar-refractivity contribution in [2.24, 2.45) is 0 Å². The lowest BCUT2D eigenvalue weighted by atomic mass is 10.1. The van der Waals surface area contributed by atoms with Crippen molar-refractivity contribution < 1.29 is 13.5 Å². The summed E-state index contributed by atoms with van der Waals surface area (Å²) in [5, 5.41) is 8.82. The summed E-state index contributed by atoms with van der Waals surface area (Å²) < 4.78 is 27.8. The summed E-state index contributed by atoms with van der Waals surface area (Å²) in [4.78, 5) is 0.264. The highest BCUT2D eigenvalue weighted by atomic mass is 79.9. The van der Waals surface area contributed by atoms with Gasteiger partial charge >= 0.3 is 0 Å². The highest BCUT2D eigenvalue weighted by Gasteiger charge is 2.12. The fourth-order valence-corrected chi connectivity index (χ4v) is 3.48. The number of sulfonamides is 1. The molecule has 2 N–H and O–H groups in total. The molecule has 0 atom stereocenters. The van der Waals surface area contributed by atoms with Gasteiger partial charge in [0.1, 0.15) is 0 Å². The van der Waals surface area contributed by atoms with E-state index in [1.165, 1.54) is 5.56 Å². The summed E-state index contributed by atoms with van der Waals surface area (Å²) in [6.45, 7) is 0.550. The minimum Gasteiger partial charge on any atom is -0.396 e. The van der Waals surface area contributed by atoms with E-state index in [1.54, 1.807) is 24.3 Å². The van der Waals surface area contributed by atoms with E-state index >= 15 is 0 Å². The highest BCUT2D eigenvalue weighted by Crippen LogP contribution is 2.14. The van der Waals surface area contributed by atoms with Gasteiger partial charge in [0, 0.05) is 17.6 Å². The SMILES string of the molecule is O=S(=O)(NCCc1ccc(CCCO)cc1)c1ccc(Br)cc1. The summed E-state index contributed by atoms with van der Waals surface area (Å²) in [5.41, 5.74) is 2.26. The summed E-state index contributed by atoms with van der Waals surface area (Å²) >= 11 is 3.29. The zero-order chi connectivity index (χ0) is 16.7. The first-order valence-corrected chi connectivity index (χ1v) is 9.73. The first-order chi connectivity index (χ1) is 11.0. The van der Waals surface area contributed by atoms with E-state index in [1.807, 2.05) is 24.3 Å². The molecule has 0 amide bonds. The van der Waals surface area contributed by atoms with Gasteiger partial charge in [-0.25, -0.2) is 13.1 Å². The molecule has 0 aromatic heterocycles. The molecule has 0 spiro atoms. The third-order valence-electron chi connectivity index (χ3n) is 3.48. The smallest absolute Gasteiger partial charge is 0.240 e. The average Bonchev–Trinajstić information content (AvgIpc) is 2.54. The number of aliphatic hydroxyl groups is 1. The fraction of sp³-hybridized carbons (Fsp3) is 0.294. The Hall–Kier alpha value is -1.21. The molecule has 2 aromatic rings. The van der Waals surface area contributed by atoms with Crippen LogP contribution in [-0.4, -0.2) is 26.7 Å². The Morgan fingerprint density at radius 1 is 0.913 bits per heavy atom. The second-order valence-corrected chi connectivity index (χ2v) is 7.93. The molecule has 124 valence electrons. The zero-order valence-corrected chi connectivity index (χ0v) is 15.1. The lowest BCUT2D eigenvalue weighted by molar-refractivity contribution is 0.288. The van der Waals surface area contributed by atoms with Gasteiger partial charge in [-0.05, 0) is 54.7 Å². The minimum atomic E-state index is -3.47. The molecule has 0 aliphatic rings. The number of benzene rings is 2. The van der Waals surface area contributed by atoms with Crippen molar-refractivity contribution >= 4 is 26.0 Å². The molecule has 4 nitrogen and oxygen atoms in total. The van der Waals surface area contributed by atoms with E-state index in [0.29, 0.717) is 13.0 Å². The van der Waals surface area contributed by atoms with E-state index in [0.717, 1.165) is 22.9 Å². The molecule has 0 radical (unpaired) electrons. The lowest BCUT2D eigenvalue weighted by Gasteiger charge is -2.08. The van der Waals surface area contributed by atoms with Crippen LogP contribution >= 0.6 is 15.9 Å². The first-order valence-electron chi connectivity index (χ1n) is 7.45. The maximum absolute atomic E-state index is 12.2. The van der Waals surface area contributed by atoms with Crippen molar-refractivity contribution in [2.75, 3.05) is 13.2 Å². The molecule has 0 heterocycles. The van der Waals surface area contributed by atoms with Crippen LogP contribution in [-0.2, 0) is 22.9 Å². The minimum absolute atomic E-state index is 0.194. The molecule has 0 saturated heterocycles. The number of aliphatic hydroxyl groups excluding tert-OH is 1. The van der Waals surface area contributed by atoms with Crippen LogP contribution in [0.4, 0.5) is 0 Å². The molecule has 2 aromatic carbocycles. The molecule has 23 heavy (non-hydrogen) atoms. The number of halogens is 1. The van der Waals surface area contributed by atoms with Gasteiger partial charge < -0.3 is 5.11 Å². The number of nitrogens with one attached hydrogen (secondary N) is 1. The normalized spacial score (nSPS) is 11.6. The van der Waals surface area contributed by atoms with Gasteiger partial charge in [-0.1, -0.05) is 40.2 Å². The van der Waals surface area contributed by atoms with Gasteiger partial charge in [0.25, 0.3) is 0 Å². The Kier molecular flexibility index (Phi) is 6.77. The lowest BCUT2D eigenvalue weighted by Crippen LogP contribution is -2.25. The maximum atomic E-state index is 12.2. The quantitative estimate of drug-likeness (QED) is 0.719. The molecule has 0 aliphatic heterocycles. The van der Waals surface area contributed by atoms with Gasteiger partial charge in [0.2, 0.25) is 10.0 Å². The van der Waals surface area contributed by atoms with Crippen molar-refractivity contribution in [3.63, 3.8) is 0 Å². The second kappa shape index (κ2) is 8.59. The molecule has 6 heteroatoms. The molecule has 0 saturated carbocycles. The van der Waals surface area contributed by atoms with Crippen molar-refractivity contribution in [1.82, 2.24) is 4.72 Å². The summed E-state index contributed by atoms with van der Waals surface area (Å²) in [7, 11) is -3.47. The predicted octanol–water partition coefficient (Wildman–Crippen LogP) is 2.90. The van der Waals surface area contributed by atoms with Crippen LogP contribution in [0, 0.1) is 0 Å². The largest absolute Gasteiger partial charge is 0.396 e. The van der Waals surface area contributed by atoms with E-state index < -0.39 is 10.0 Å². The van der Waals surface area contributed by atoms with Crippen molar-refractivity contribution in [1.29, 1.82) is 0 Å². The third kappa shape index (κ3) is 5.73. The standard InChI is InChI=1S/C17H20BrNO3S/c18-16-7-9-17(10-8-16)23(21,22)19-12-11-15-5-3-14(4-6-15)2-1-13-20/h3-10,19-20H,1-2,11-13H2. The third-order valence-corrected chi connectivity index (χ3v) is 5.48. The number of hydrogen-bond acceptors (Lipinski definition) is 3. The van der Waals surface area contributed by atoms with Gasteiger partial charge in [-0.3, -0.25) is 0 Å². The summed E-state index contributed by atoms with van der Waals surface area (Å²) in [6, 6.07) is 14.6. The Morgan fingerprint density at radius 2 is 1.48 bits per heavy atom. The van der Waals surface area contributed by atoms with Gasteiger partial charge in [0.05, 0.1) is 4.90 Å². The van der Waals surface area contributed by atoms with Gasteiger partial charge in [0.15, 0.2) is 0 Å². The van der Waals surface area contributed by atoms with Crippen molar-refractivity contribution in [3.8, 4) is 0 Å². The van der Waals surface area contributed by atoms with Crippen LogP contribution in [0.15, 0.2) is 57.9 Å². The van der Waals surface area contributed by atoms with E-state index in [-0.39, 0.29) is 11.5 Å². The predicted molar refractivity (Wildman–Crippen MR) is 94.9 cm³/mol. The fourth-order valence-electron chi connectivity index (χ4n) is 2.18. The highest BCUT2D eigenvalue weighted by molar-refractivity contribution is 9.10. The van der Waals surface area contributed by atoms with E-state index in [2.05, 4.69) is 20.7 Å². The summed E-state index contributed by atoms with van der Waals surface area (Å²) in [6.07, 6.45) is 2.25. The summed E-state index contributed by atoms with van der Waals surface area (Å²) in [5.74, 6) is 0. The van der Waals surface area contributed by atoms with Gasteiger partial charge in [-0.2, -0.15) is 0 Å². The van der Waals surface area contributed by atoms with E-state index in [4.69, 9.17) is 5.11 Å². The van der Waals surface area contributed by atoms with E-state index in [9.17, 15) is 8.42 Å². The Bertz CT molecular complexity index is 713. The molecule has 0 fully saturated rings. The van der Waals surface area contributed by atoms with Crippen LogP contribution in [0.25, 0.3) is 0 Å². The van der Waals surface area contributed by atoms with Crippen LogP contribution in [0.3, 0.4) is 0 Å². The van der Waals surface area contributed by atoms with Crippen LogP contribution in [0.2, 0.25) is 0 Å². The van der Waals surface area contributed by atoms with Crippen LogP contribution in [0.5, 0.6) is 0 Å². The number of hydrogen-bond donors (Lipinski definition) is 2. The van der Waals surface area contributed by atoms with Crippen molar-refractivity contribution in [3.05, 3.63) is 64.1 Å². The molecular weight excluding hydrogens is 378 g/mol. The molecule has 0 aliphatic carbocycles. The Balaban J connectivity index is 1.87. The first kappa shape index (κ1) is 18.1. The number of aryl methyl sites for hydroxylation is 1. The van der Waals surface area contributed by atoms with Crippen molar-refractivity contribution in [2.45, 2.75) is 24.2 Å². The Morgan fingerprint density at radius 3 is 2.04 bits per heavy atom. The van der Waals surface area contributed by atoms with Crippen LogP contribution in [0.1, 0.15) is 17.5 Å². The monoisotopic (exact) mass is 397 g/mol. The number of rotatable bonds is 8.